The Hall–Kier alpha value is -3.14. The summed E-state index contributed by atoms with van der Waals surface area (Å²) in [5, 5.41) is 17.0. The van der Waals surface area contributed by atoms with Gasteiger partial charge in [-0.05, 0) is 29.9 Å². The first-order chi connectivity index (χ1) is 11.8. The molecule has 4 rings (SSSR count). The summed E-state index contributed by atoms with van der Waals surface area (Å²) in [4.78, 5) is 20.4. The normalized spacial score (nSPS) is 17.2. The van der Waals surface area contributed by atoms with E-state index in [-0.39, 0.29) is 5.78 Å². The zero-order valence-electron chi connectivity index (χ0n) is 12.5. The van der Waals surface area contributed by atoms with Crippen LogP contribution in [0.15, 0.2) is 35.6 Å². The number of aliphatic carboxylic acids is 1. The Morgan fingerprint density at radius 1 is 1.28 bits per heavy atom. The number of halogens is 3. The van der Waals surface area contributed by atoms with Gasteiger partial charge in [0.2, 0.25) is 0 Å². The summed E-state index contributed by atoms with van der Waals surface area (Å²) >= 11 is 0. The molecular formula is C15H11F3N4O3. The van der Waals surface area contributed by atoms with Crippen molar-refractivity contribution in [1.82, 2.24) is 10.2 Å². The third-order valence-corrected chi connectivity index (χ3v) is 3.42. The summed E-state index contributed by atoms with van der Waals surface area (Å²) in [5.41, 5.74) is 5.22. The first kappa shape index (κ1) is 16.7. The number of benzene rings is 1. The van der Waals surface area contributed by atoms with Crippen LogP contribution in [0.5, 0.6) is 0 Å². The molecule has 7 nitrogen and oxygen atoms in total. The van der Waals surface area contributed by atoms with Gasteiger partial charge in [-0.2, -0.15) is 23.4 Å². The fraction of sp³-hybridized carbons (Fsp3) is 0.133. The SMILES string of the molecule is O=C(O)C(F)(F)F.O=C1C=Cc2ccc3c(c2=C1)=NN1C=CCN1N3. The minimum absolute atomic E-state index is 0.00509. The topological polar surface area (TPSA) is 85.2 Å². The maximum Gasteiger partial charge on any atom is 0.490 e. The summed E-state index contributed by atoms with van der Waals surface area (Å²) in [6, 6.07) is 3.98. The number of anilines is 1. The van der Waals surface area contributed by atoms with Gasteiger partial charge < -0.3 is 5.11 Å². The van der Waals surface area contributed by atoms with E-state index in [0.717, 1.165) is 28.4 Å². The third kappa shape index (κ3) is 3.38. The number of ketones is 1. The molecule has 2 aliphatic heterocycles. The molecule has 2 N–H and O–H groups in total. The fourth-order valence-electron chi connectivity index (χ4n) is 2.31. The van der Waals surface area contributed by atoms with Gasteiger partial charge in [0.15, 0.2) is 5.78 Å². The third-order valence-electron chi connectivity index (χ3n) is 3.42. The summed E-state index contributed by atoms with van der Waals surface area (Å²) < 4.78 is 31.7. The van der Waals surface area contributed by atoms with Crippen LogP contribution in [0.3, 0.4) is 0 Å². The number of allylic oxidation sites excluding steroid dienone is 1. The van der Waals surface area contributed by atoms with Crippen LogP contribution in [0, 0.1) is 0 Å². The predicted octanol–water partition coefficient (Wildman–Crippen LogP) is 0.618. The quantitative estimate of drug-likeness (QED) is 0.712. The molecule has 0 fully saturated rings. The highest BCUT2D eigenvalue weighted by Crippen LogP contribution is 2.15. The molecule has 3 aliphatic rings. The van der Waals surface area contributed by atoms with Gasteiger partial charge in [-0.25, -0.2) is 4.79 Å². The highest BCUT2D eigenvalue weighted by Gasteiger charge is 2.38. The van der Waals surface area contributed by atoms with Gasteiger partial charge in [-0.3, -0.25) is 10.2 Å². The maximum atomic E-state index is 11.5. The van der Waals surface area contributed by atoms with Crippen LogP contribution in [0.2, 0.25) is 0 Å². The van der Waals surface area contributed by atoms with Crippen LogP contribution in [-0.2, 0) is 9.59 Å². The summed E-state index contributed by atoms with van der Waals surface area (Å²) in [6.07, 6.45) is 3.88. The van der Waals surface area contributed by atoms with Crippen LogP contribution < -0.4 is 16.0 Å². The monoisotopic (exact) mass is 352 g/mol. The van der Waals surface area contributed by atoms with Crippen molar-refractivity contribution < 1.29 is 27.9 Å². The lowest BCUT2D eigenvalue weighted by Gasteiger charge is -2.29. The number of nitrogens with one attached hydrogen (secondary N) is 1. The van der Waals surface area contributed by atoms with Gasteiger partial charge in [0.1, 0.15) is 5.36 Å². The Labute approximate surface area is 138 Å². The number of carboxylic acids is 1. The standard InChI is InChI=1S/C13H10N4O.C2HF3O2/c18-10-4-2-9-3-5-12-13(11(9)8-10)15-17-7-1-6-16(17)14-12;3-2(4,5)1(6)7/h1-5,7-8,14H,6H2;(H,6,7). The van der Waals surface area contributed by atoms with Crippen LogP contribution >= 0.6 is 0 Å². The molecule has 1 aromatic carbocycles. The van der Waals surface area contributed by atoms with Gasteiger partial charge in [0, 0.05) is 11.4 Å². The van der Waals surface area contributed by atoms with E-state index < -0.39 is 12.1 Å². The average Bonchev–Trinajstić information content (AvgIpc) is 2.99. The van der Waals surface area contributed by atoms with Crippen molar-refractivity contribution in [1.29, 1.82) is 0 Å². The second kappa shape index (κ2) is 6.06. The number of hydrogen-bond donors (Lipinski definition) is 2. The summed E-state index contributed by atoms with van der Waals surface area (Å²) in [6.45, 7) is 0.780. The van der Waals surface area contributed by atoms with Crippen molar-refractivity contribution in [3.05, 3.63) is 46.6 Å². The molecule has 0 saturated heterocycles. The van der Waals surface area contributed by atoms with Gasteiger partial charge in [-0.1, -0.05) is 12.1 Å². The first-order valence-electron chi connectivity index (χ1n) is 7.01. The molecule has 0 spiro atoms. The lowest BCUT2D eigenvalue weighted by Crippen LogP contribution is -2.47. The number of carboxylic acid groups (broad SMARTS) is 1. The van der Waals surface area contributed by atoms with Crippen LogP contribution in [-0.4, -0.2) is 39.8 Å². The molecule has 130 valence electrons. The molecule has 10 heteroatoms. The second-order valence-electron chi connectivity index (χ2n) is 5.15. The van der Waals surface area contributed by atoms with E-state index in [4.69, 9.17) is 9.90 Å². The van der Waals surface area contributed by atoms with Crippen molar-refractivity contribution in [2.45, 2.75) is 6.18 Å². The number of rotatable bonds is 0. The molecule has 0 saturated carbocycles. The van der Waals surface area contributed by atoms with Crippen LogP contribution in [0.25, 0.3) is 12.2 Å². The lowest BCUT2D eigenvalue weighted by atomic mass is 10.0. The van der Waals surface area contributed by atoms with E-state index >= 15 is 0 Å². The largest absolute Gasteiger partial charge is 0.490 e. The van der Waals surface area contributed by atoms with E-state index in [9.17, 15) is 18.0 Å². The van der Waals surface area contributed by atoms with Crippen LogP contribution in [0.1, 0.15) is 5.56 Å². The number of alkyl halides is 3. The van der Waals surface area contributed by atoms with Crippen molar-refractivity contribution in [2.24, 2.45) is 5.10 Å². The van der Waals surface area contributed by atoms with Crippen LogP contribution in [0.4, 0.5) is 18.9 Å². The summed E-state index contributed by atoms with van der Waals surface area (Å²) in [5.74, 6) is -2.75. The Morgan fingerprint density at radius 3 is 2.68 bits per heavy atom. The average molecular weight is 352 g/mol. The molecule has 0 bridgehead atoms. The highest BCUT2D eigenvalue weighted by atomic mass is 19.4. The zero-order chi connectivity index (χ0) is 18.2. The van der Waals surface area contributed by atoms with E-state index in [1.807, 2.05) is 35.6 Å². The fourth-order valence-corrected chi connectivity index (χ4v) is 2.31. The van der Waals surface area contributed by atoms with E-state index in [2.05, 4.69) is 10.5 Å². The Kier molecular flexibility index (Phi) is 4.05. The number of carbonyl (C=O) groups is 2. The van der Waals surface area contributed by atoms with Crippen molar-refractivity contribution in [3.8, 4) is 0 Å². The van der Waals surface area contributed by atoms with Crippen molar-refractivity contribution in [2.75, 3.05) is 12.0 Å². The molecule has 1 aliphatic carbocycles. The molecule has 0 atom stereocenters. The number of nitrogens with zero attached hydrogens (tertiary/aromatic N) is 3. The molecule has 0 aromatic heterocycles. The zero-order valence-corrected chi connectivity index (χ0v) is 12.5. The van der Waals surface area contributed by atoms with E-state index in [1.54, 1.807) is 17.3 Å². The van der Waals surface area contributed by atoms with E-state index in [0.29, 0.717) is 0 Å². The minimum Gasteiger partial charge on any atom is -0.475 e. The number of hydrogen-bond acceptors (Lipinski definition) is 6. The molecule has 0 amide bonds. The van der Waals surface area contributed by atoms with Crippen molar-refractivity contribution in [3.63, 3.8) is 0 Å². The molecule has 25 heavy (non-hydrogen) atoms. The van der Waals surface area contributed by atoms with Gasteiger partial charge in [0.25, 0.3) is 0 Å². The summed E-state index contributed by atoms with van der Waals surface area (Å²) in [7, 11) is 0. The smallest absolute Gasteiger partial charge is 0.475 e. The minimum atomic E-state index is -5.08. The number of hydrazine groups is 2. The van der Waals surface area contributed by atoms with Gasteiger partial charge in [0.05, 0.1) is 12.2 Å². The van der Waals surface area contributed by atoms with Crippen molar-refractivity contribution >= 4 is 29.6 Å². The Bertz CT molecular complexity index is 921. The van der Waals surface area contributed by atoms with Gasteiger partial charge >= 0.3 is 12.1 Å². The predicted molar refractivity (Wildman–Crippen MR) is 80.7 cm³/mol. The molecule has 1 aromatic rings. The Balaban J connectivity index is 0.000000225. The number of fused-ring (bicyclic) bond motifs is 4. The lowest BCUT2D eigenvalue weighted by molar-refractivity contribution is -0.192. The van der Waals surface area contributed by atoms with E-state index in [1.165, 1.54) is 0 Å². The Morgan fingerprint density at radius 2 is 2.00 bits per heavy atom. The number of carbonyl (C=O) groups excluding carboxylic acids is 1. The second-order valence-corrected chi connectivity index (χ2v) is 5.15. The molecular weight excluding hydrogens is 341 g/mol. The molecule has 0 radical (unpaired) electrons. The molecule has 0 unspecified atom stereocenters. The first-order valence-corrected chi connectivity index (χ1v) is 7.01. The molecule has 2 heterocycles. The highest BCUT2D eigenvalue weighted by molar-refractivity contribution is 6.16. The maximum absolute atomic E-state index is 11.5. The van der Waals surface area contributed by atoms with Gasteiger partial charge in [-0.15, -0.1) is 5.12 Å².